The minimum Gasteiger partial charge on any atom is -0.481 e. The van der Waals surface area contributed by atoms with E-state index in [9.17, 15) is 14.0 Å². The summed E-state index contributed by atoms with van der Waals surface area (Å²) in [6.07, 6.45) is 0.258. The summed E-state index contributed by atoms with van der Waals surface area (Å²) in [7, 11) is 0. The standard InChI is InChI=1S/C13H14FNO4/c1-6-2-10(14)9(4-8(6)13(18)19)11-3-7(5-15-11)12(16)17/h2,4,7,11,15H,3,5H2,1H3,(H,16,17)(H,18,19). The predicted molar refractivity (Wildman–Crippen MR) is 64.6 cm³/mol. The Morgan fingerprint density at radius 1 is 1.37 bits per heavy atom. The number of halogens is 1. The van der Waals surface area contributed by atoms with E-state index in [1.165, 1.54) is 19.1 Å². The van der Waals surface area contributed by atoms with Gasteiger partial charge in [-0.15, -0.1) is 0 Å². The number of benzene rings is 1. The molecule has 5 nitrogen and oxygen atoms in total. The number of hydrogen-bond donors (Lipinski definition) is 3. The average molecular weight is 267 g/mol. The SMILES string of the molecule is Cc1cc(F)c(C2CC(C(=O)O)CN2)cc1C(=O)O. The van der Waals surface area contributed by atoms with Gasteiger partial charge in [-0.25, -0.2) is 9.18 Å². The minimum absolute atomic E-state index is 0.0389. The van der Waals surface area contributed by atoms with Gasteiger partial charge in [-0.3, -0.25) is 4.79 Å². The maximum Gasteiger partial charge on any atom is 0.335 e. The summed E-state index contributed by atoms with van der Waals surface area (Å²) in [6, 6.07) is 2.00. The molecule has 0 amide bonds. The molecule has 1 fully saturated rings. The lowest BCUT2D eigenvalue weighted by Crippen LogP contribution is -2.18. The summed E-state index contributed by atoms with van der Waals surface area (Å²) >= 11 is 0. The fourth-order valence-corrected chi connectivity index (χ4v) is 2.35. The van der Waals surface area contributed by atoms with Crippen LogP contribution >= 0.6 is 0 Å². The van der Waals surface area contributed by atoms with Gasteiger partial charge in [0, 0.05) is 18.2 Å². The van der Waals surface area contributed by atoms with E-state index in [0.29, 0.717) is 5.56 Å². The molecule has 19 heavy (non-hydrogen) atoms. The van der Waals surface area contributed by atoms with Crippen molar-refractivity contribution in [2.24, 2.45) is 5.92 Å². The number of rotatable bonds is 3. The molecule has 1 heterocycles. The number of nitrogens with one attached hydrogen (secondary N) is 1. The molecule has 1 aliphatic heterocycles. The van der Waals surface area contributed by atoms with E-state index in [1.54, 1.807) is 0 Å². The third-order valence-corrected chi connectivity index (χ3v) is 3.43. The van der Waals surface area contributed by atoms with E-state index >= 15 is 0 Å². The second-order valence-corrected chi connectivity index (χ2v) is 4.73. The first-order chi connectivity index (χ1) is 8.90. The number of aromatic carboxylic acids is 1. The fourth-order valence-electron chi connectivity index (χ4n) is 2.35. The monoisotopic (exact) mass is 267 g/mol. The molecule has 1 saturated heterocycles. The first kappa shape index (κ1) is 13.5. The molecule has 1 aliphatic rings. The van der Waals surface area contributed by atoms with E-state index in [0.717, 1.165) is 0 Å². The zero-order chi connectivity index (χ0) is 14.2. The molecule has 3 N–H and O–H groups in total. The van der Waals surface area contributed by atoms with Crippen LogP contribution in [0.3, 0.4) is 0 Å². The summed E-state index contributed by atoms with van der Waals surface area (Å²) in [5.41, 5.74) is 0.602. The Morgan fingerprint density at radius 2 is 2.05 bits per heavy atom. The number of hydrogen-bond acceptors (Lipinski definition) is 3. The molecule has 2 atom stereocenters. The van der Waals surface area contributed by atoms with Crippen LogP contribution in [0.5, 0.6) is 0 Å². The van der Waals surface area contributed by atoms with Crippen LogP contribution in [0.1, 0.15) is 33.9 Å². The molecule has 0 bridgehead atoms. The highest BCUT2D eigenvalue weighted by Gasteiger charge is 2.32. The van der Waals surface area contributed by atoms with E-state index in [4.69, 9.17) is 10.2 Å². The van der Waals surface area contributed by atoms with Crippen molar-refractivity contribution >= 4 is 11.9 Å². The third-order valence-electron chi connectivity index (χ3n) is 3.43. The fraction of sp³-hybridized carbons (Fsp3) is 0.385. The van der Waals surface area contributed by atoms with Crippen molar-refractivity contribution in [2.45, 2.75) is 19.4 Å². The van der Waals surface area contributed by atoms with Crippen molar-refractivity contribution in [2.75, 3.05) is 6.54 Å². The topological polar surface area (TPSA) is 86.6 Å². The number of aliphatic carboxylic acids is 1. The largest absolute Gasteiger partial charge is 0.481 e. The van der Waals surface area contributed by atoms with Crippen molar-refractivity contribution in [3.63, 3.8) is 0 Å². The first-order valence-corrected chi connectivity index (χ1v) is 5.89. The minimum atomic E-state index is -1.12. The van der Waals surface area contributed by atoms with Crippen molar-refractivity contribution in [1.29, 1.82) is 0 Å². The number of carboxylic acid groups (broad SMARTS) is 2. The summed E-state index contributed by atoms with van der Waals surface area (Å²) in [5, 5.41) is 20.9. The Balaban J connectivity index is 2.33. The Bertz CT molecular complexity index is 544. The molecule has 2 unspecified atom stereocenters. The molecule has 2 rings (SSSR count). The van der Waals surface area contributed by atoms with Gasteiger partial charge in [-0.1, -0.05) is 0 Å². The predicted octanol–water partition coefficient (Wildman–Crippen LogP) is 1.57. The van der Waals surface area contributed by atoms with Gasteiger partial charge in [0.05, 0.1) is 11.5 Å². The second-order valence-electron chi connectivity index (χ2n) is 4.73. The number of carboxylic acids is 2. The molecular weight excluding hydrogens is 253 g/mol. The smallest absolute Gasteiger partial charge is 0.335 e. The van der Waals surface area contributed by atoms with Crippen LogP contribution in [0, 0.1) is 18.7 Å². The molecule has 1 aromatic carbocycles. The molecule has 0 spiro atoms. The van der Waals surface area contributed by atoms with Crippen molar-refractivity contribution < 1.29 is 24.2 Å². The van der Waals surface area contributed by atoms with Crippen LogP contribution in [0.25, 0.3) is 0 Å². The van der Waals surface area contributed by atoms with Gasteiger partial charge in [0.2, 0.25) is 0 Å². The van der Waals surface area contributed by atoms with Gasteiger partial charge in [0.1, 0.15) is 5.82 Å². The first-order valence-electron chi connectivity index (χ1n) is 5.89. The lowest BCUT2D eigenvalue weighted by Gasteiger charge is -2.14. The number of carbonyl (C=O) groups is 2. The quantitative estimate of drug-likeness (QED) is 0.773. The van der Waals surface area contributed by atoms with E-state index in [1.807, 2.05) is 0 Å². The third kappa shape index (κ3) is 2.58. The molecule has 0 aliphatic carbocycles. The molecule has 0 radical (unpaired) electrons. The van der Waals surface area contributed by atoms with Crippen molar-refractivity contribution in [3.8, 4) is 0 Å². The Morgan fingerprint density at radius 3 is 2.58 bits per heavy atom. The Kier molecular flexibility index (Phi) is 3.53. The van der Waals surface area contributed by atoms with Gasteiger partial charge < -0.3 is 15.5 Å². The van der Waals surface area contributed by atoms with Gasteiger partial charge >= 0.3 is 11.9 Å². The Hall–Kier alpha value is -1.95. The molecular formula is C13H14FNO4. The van der Waals surface area contributed by atoms with Crippen LogP contribution in [0.4, 0.5) is 4.39 Å². The van der Waals surface area contributed by atoms with E-state index < -0.39 is 29.7 Å². The zero-order valence-electron chi connectivity index (χ0n) is 10.3. The normalized spacial score (nSPS) is 22.4. The van der Waals surface area contributed by atoms with Crippen LogP contribution in [0.2, 0.25) is 0 Å². The van der Waals surface area contributed by atoms with Crippen molar-refractivity contribution in [1.82, 2.24) is 5.32 Å². The van der Waals surface area contributed by atoms with Crippen LogP contribution in [-0.2, 0) is 4.79 Å². The second kappa shape index (κ2) is 4.97. The highest BCUT2D eigenvalue weighted by molar-refractivity contribution is 5.89. The molecule has 6 heteroatoms. The van der Waals surface area contributed by atoms with Gasteiger partial charge in [0.15, 0.2) is 0 Å². The number of aryl methyl sites for hydroxylation is 1. The zero-order valence-corrected chi connectivity index (χ0v) is 10.3. The lowest BCUT2D eigenvalue weighted by molar-refractivity contribution is -0.141. The summed E-state index contributed by atoms with van der Waals surface area (Å²) in [4.78, 5) is 21.9. The van der Waals surface area contributed by atoms with Crippen LogP contribution < -0.4 is 5.32 Å². The maximum atomic E-state index is 13.9. The Labute approximate surface area is 109 Å². The highest BCUT2D eigenvalue weighted by atomic mass is 19.1. The van der Waals surface area contributed by atoms with Crippen LogP contribution in [-0.4, -0.2) is 28.7 Å². The molecule has 0 saturated carbocycles. The van der Waals surface area contributed by atoms with Crippen LogP contribution in [0.15, 0.2) is 12.1 Å². The molecule has 1 aromatic rings. The molecule has 102 valence electrons. The van der Waals surface area contributed by atoms with Crippen molar-refractivity contribution in [3.05, 3.63) is 34.6 Å². The lowest BCUT2D eigenvalue weighted by atomic mass is 9.96. The van der Waals surface area contributed by atoms with Gasteiger partial charge in [-0.05, 0) is 31.0 Å². The van der Waals surface area contributed by atoms with E-state index in [-0.39, 0.29) is 24.1 Å². The maximum absolute atomic E-state index is 13.9. The summed E-state index contributed by atoms with van der Waals surface area (Å²) < 4.78 is 13.9. The van der Waals surface area contributed by atoms with E-state index in [2.05, 4.69) is 5.32 Å². The van der Waals surface area contributed by atoms with Gasteiger partial charge in [0.25, 0.3) is 0 Å². The highest BCUT2D eigenvalue weighted by Crippen LogP contribution is 2.30. The average Bonchev–Trinajstić information content (AvgIpc) is 2.77. The molecule has 0 aromatic heterocycles. The summed E-state index contributed by atoms with van der Waals surface area (Å²) in [5.74, 6) is -3.13. The summed E-state index contributed by atoms with van der Waals surface area (Å²) in [6.45, 7) is 1.79. The van der Waals surface area contributed by atoms with Gasteiger partial charge in [-0.2, -0.15) is 0 Å².